The maximum Gasteiger partial charge on any atom is 0.164 e. The van der Waals surface area contributed by atoms with E-state index < -0.39 is 0 Å². The topological polar surface area (TPSA) is 30.2 Å². The molecule has 0 saturated heterocycles. The van der Waals surface area contributed by atoms with Crippen LogP contribution in [0.1, 0.15) is 17.3 Å². The van der Waals surface area contributed by atoms with Crippen LogP contribution in [0.4, 0.5) is 0 Å². The molecule has 1 heterocycles. The Labute approximate surface area is 105 Å². The third-order valence-corrected chi connectivity index (χ3v) is 2.98. The van der Waals surface area contributed by atoms with Crippen molar-refractivity contribution in [3.8, 4) is 11.3 Å². The molecule has 0 N–H and O–H groups in total. The van der Waals surface area contributed by atoms with E-state index in [4.69, 9.17) is 4.42 Å². The zero-order chi connectivity index (χ0) is 12.5. The summed E-state index contributed by atoms with van der Waals surface area (Å²) in [5.41, 5.74) is 2.34. The zero-order valence-corrected chi connectivity index (χ0v) is 10.0. The van der Waals surface area contributed by atoms with Crippen LogP contribution in [-0.4, -0.2) is 5.78 Å². The first-order valence-corrected chi connectivity index (χ1v) is 5.85. The number of hydrogen-bond acceptors (Lipinski definition) is 2. The summed E-state index contributed by atoms with van der Waals surface area (Å²) in [4.78, 5) is 11.9. The van der Waals surface area contributed by atoms with E-state index in [9.17, 15) is 4.79 Å². The van der Waals surface area contributed by atoms with Crippen LogP contribution >= 0.6 is 0 Å². The molecule has 88 valence electrons. The van der Waals surface area contributed by atoms with Gasteiger partial charge >= 0.3 is 0 Å². The molecule has 0 radical (unpaired) electrons. The lowest BCUT2D eigenvalue weighted by molar-refractivity contribution is 0.101. The van der Waals surface area contributed by atoms with Crippen LogP contribution in [0.5, 0.6) is 0 Å². The van der Waals surface area contributed by atoms with Crippen LogP contribution in [0.3, 0.4) is 0 Å². The van der Waals surface area contributed by atoms with Gasteiger partial charge in [0.15, 0.2) is 5.78 Å². The second kappa shape index (κ2) is 4.15. The highest BCUT2D eigenvalue weighted by atomic mass is 16.3. The number of fused-ring (bicyclic) bond motifs is 1. The Hall–Kier alpha value is -2.35. The minimum atomic E-state index is 0.0267. The van der Waals surface area contributed by atoms with Crippen LogP contribution in [-0.2, 0) is 0 Å². The molecule has 0 aliphatic rings. The maximum atomic E-state index is 11.9. The molecule has 0 fully saturated rings. The third-order valence-electron chi connectivity index (χ3n) is 2.98. The van der Waals surface area contributed by atoms with E-state index in [1.807, 2.05) is 54.6 Å². The Morgan fingerprint density at radius 2 is 1.61 bits per heavy atom. The molecule has 0 unspecified atom stereocenters. The second-order valence-corrected chi connectivity index (χ2v) is 4.22. The van der Waals surface area contributed by atoms with Crippen molar-refractivity contribution < 1.29 is 9.21 Å². The van der Waals surface area contributed by atoms with Crippen molar-refractivity contribution in [3.05, 3.63) is 60.2 Å². The molecule has 0 saturated carbocycles. The van der Waals surface area contributed by atoms with Crippen molar-refractivity contribution in [1.82, 2.24) is 0 Å². The minimum absolute atomic E-state index is 0.0267. The molecule has 2 aromatic carbocycles. The number of carbonyl (C=O) groups excluding carboxylic acids is 1. The molecule has 0 aliphatic heterocycles. The van der Waals surface area contributed by atoms with Crippen molar-refractivity contribution in [1.29, 1.82) is 0 Å². The van der Waals surface area contributed by atoms with Crippen molar-refractivity contribution in [3.63, 3.8) is 0 Å². The third kappa shape index (κ3) is 1.63. The van der Waals surface area contributed by atoms with Gasteiger partial charge in [-0.25, -0.2) is 0 Å². The number of Topliss-reactive ketones (excluding diaryl/α,β-unsaturated/α-hetero) is 1. The van der Waals surface area contributed by atoms with E-state index in [0.29, 0.717) is 11.3 Å². The number of furan rings is 1. The van der Waals surface area contributed by atoms with Crippen LogP contribution in [0.15, 0.2) is 59.0 Å². The maximum absolute atomic E-state index is 11.9. The number of para-hydroxylation sites is 1. The van der Waals surface area contributed by atoms with E-state index in [-0.39, 0.29) is 5.78 Å². The van der Waals surface area contributed by atoms with Crippen LogP contribution in [0.25, 0.3) is 22.3 Å². The molecule has 2 heteroatoms. The van der Waals surface area contributed by atoms with Gasteiger partial charge in [-0.3, -0.25) is 4.79 Å². The molecular formula is C16H12O2. The predicted molar refractivity (Wildman–Crippen MR) is 71.7 cm³/mol. The molecule has 3 aromatic rings. The van der Waals surface area contributed by atoms with E-state index >= 15 is 0 Å². The summed E-state index contributed by atoms with van der Waals surface area (Å²) in [6.45, 7) is 1.57. The first kappa shape index (κ1) is 10.8. The zero-order valence-electron chi connectivity index (χ0n) is 10.0. The van der Waals surface area contributed by atoms with Gasteiger partial charge in [0.05, 0.1) is 5.56 Å². The summed E-state index contributed by atoms with van der Waals surface area (Å²) >= 11 is 0. The standard InChI is InChI=1S/C16H12O2/c1-11(17)15-13-9-5-6-10-14(13)18-16(15)12-7-3-2-4-8-12/h2-10H,1H3. The Kier molecular flexibility index (Phi) is 2.49. The lowest BCUT2D eigenvalue weighted by atomic mass is 10.0. The highest BCUT2D eigenvalue weighted by molar-refractivity contribution is 6.11. The smallest absolute Gasteiger partial charge is 0.164 e. The van der Waals surface area contributed by atoms with Gasteiger partial charge in [0.2, 0.25) is 0 Å². The summed E-state index contributed by atoms with van der Waals surface area (Å²) in [6.07, 6.45) is 0. The quantitative estimate of drug-likeness (QED) is 0.621. The molecule has 0 spiro atoms. The van der Waals surface area contributed by atoms with Gasteiger partial charge in [-0.2, -0.15) is 0 Å². The lowest BCUT2D eigenvalue weighted by Crippen LogP contribution is -1.92. The van der Waals surface area contributed by atoms with Crippen LogP contribution in [0, 0.1) is 0 Å². The fraction of sp³-hybridized carbons (Fsp3) is 0.0625. The summed E-state index contributed by atoms with van der Waals surface area (Å²) in [6, 6.07) is 17.3. The van der Waals surface area contributed by atoms with E-state index in [1.165, 1.54) is 0 Å². The predicted octanol–water partition coefficient (Wildman–Crippen LogP) is 4.30. The first-order valence-electron chi connectivity index (χ1n) is 5.85. The van der Waals surface area contributed by atoms with Gasteiger partial charge in [-0.15, -0.1) is 0 Å². The van der Waals surface area contributed by atoms with Gasteiger partial charge in [0.25, 0.3) is 0 Å². The van der Waals surface area contributed by atoms with Crippen molar-refractivity contribution in [2.45, 2.75) is 6.92 Å². The normalized spacial score (nSPS) is 10.7. The van der Waals surface area contributed by atoms with Gasteiger partial charge in [0.1, 0.15) is 11.3 Å². The number of rotatable bonds is 2. The van der Waals surface area contributed by atoms with Gasteiger partial charge in [-0.05, 0) is 13.0 Å². The van der Waals surface area contributed by atoms with Gasteiger partial charge in [-0.1, -0.05) is 48.5 Å². The Balaban J connectivity index is 2.36. The SMILES string of the molecule is CC(=O)c1c(-c2ccccc2)oc2ccccc12. The van der Waals surface area contributed by atoms with E-state index in [0.717, 1.165) is 16.5 Å². The van der Waals surface area contributed by atoms with Crippen molar-refractivity contribution in [2.24, 2.45) is 0 Å². The summed E-state index contributed by atoms with van der Waals surface area (Å²) in [5.74, 6) is 0.683. The second-order valence-electron chi connectivity index (χ2n) is 4.22. The fourth-order valence-corrected chi connectivity index (χ4v) is 2.19. The monoisotopic (exact) mass is 236 g/mol. The molecule has 0 amide bonds. The van der Waals surface area contributed by atoms with Crippen molar-refractivity contribution in [2.75, 3.05) is 0 Å². The summed E-state index contributed by atoms with van der Waals surface area (Å²) in [7, 11) is 0. The highest BCUT2D eigenvalue weighted by Crippen LogP contribution is 2.33. The average molecular weight is 236 g/mol. The first-order chi connectivity index (χ1) is 8.77. The van der Waals surface area contributed by atoms with Gasteiger partial charge < -0.3 is 4.42 Å². The molecule has 1 aromatic heterocycles. The van der Waals surface area contributed by atoms with Crippen molar-refractivity contribution >= 4 is 16.8 Å². The average Bonchev–Trinajstić information content (AvgIpc) is 2.79. The molecule has 18 heavy (non-hydrogen) atoms. The summed E-state index contributed by atoms with van der Waals surface area (Å²) in [5, 5.41) is 0.879. The molecule has 0 aliphatic carbocycles. The Morgan fingerprint density at radius 1 is 0.944 bits per heavy atom. The number of benzene rings is 2. The summed E-state index contributed by atoms with van der Waals surface area (Å²) < 4.78 is 5.83. The largest absolute Gasteiger partial charge is 0.455 e. The molecule has 3 rings (SSSR count). The Bertz CT molecular complexity index is 708. The number of ketones is 1. The van der Waals surface area contributed by atoms with Crippen LogP contribution < -0.4 is 0 Å². The number of carbonyl (C=O) groups is 1. The Morgan fingerprint density at radius 3 is 2.33 bits per heavy atom. The molecule has 0 atom stereocenters. The number of hydrogen-bond donors (Lipinski definition) is 0. The van der Waals surface area contributed by atoms with Crippen LogP contribution in [0.2, 0.25) is 0 Å². The minimum Gasteiger partial charge on any atom is -0.455 e. The highest BCUT2D eigenvalue weighted by Gasteiger charge is 2.18. The lowest BCUT2D eigenvalue weighted by Gasteiger charge is -1.99. The molecular weight excluding hydrogens is 224 g/mol. The van der Waals surface area contributed by atoms with Gasteiger partial charge in [0, 0.05) is 10.9 Å². The fourth-order valence-electron chi connectivity index (χ4n) is 2.19. The van der Waals surface area contributed by atoms with E-state index in [1.54, 1.807) is 6.92 Å². The van der Waals surface area contributed by atoms with E-state index in [2.05, 4.69) is 0 Å². The molecule has 0 bridgehead atoms. The molecule has 2 nitrogen and oxygen atoms in total.